The molecule has 2 aliphatic rings. The molecule has 0 radical (unpaired) electrons. The van der Waals surface area contributed by atoms with Gasteiger partial charge in [-0.15, -0.1) is 0 Å². The van der Waals surface area contributed by atoms with E-state index in [1.165, 1.54) is 25.5 Å². The number of rotatable bonds is 3. The summed E-state index contributed by atoms with van der Waals surface area (Å²) in [7, 11) is 0. The summed E-state index contributed by atoms with van der Waals surface area (Å²) >= 11 is 0. The average molecular weight is 274 g/mol. The van der Waals surface area contributed by atoms with Crippen LogP contribution in [0.4, 0.5) is 5.69 Å². The molecule has 3 rings (SSSR count). The number of nitrogens with one attached hydrogen (secondary N) is 1. The minimum absolute atomic E-state index is 0.149. The molecule has 0 aromatic carbocycles. The van der Waals surface area contributed by atoms with E-state index < -0.39 is 0 Å². The predicted molar refractivity (Wildman–Crippen MR) is 77.2 cm³/mol. The van der Waals surface area contributed by atoms with Gasteiger partial charge in [0, 0.05) is 12.0 Å². The van der Waals surface area contributed by atoms with Crippen LogP contribution < -0.4 is 11.1 Å². The minimum Gasteiger partial charge on any atom is -0.396 e. The number of hydrogen-bond acceptors (Lipinski definition) is 4. The summed E-state index contributed by atoms with van der Waals surface area (Å²) in [6, 6.07) is 0.304. The Balaban J connectivity index is 1.75. The third kappa shape index (κ3) is 2.37. The monoisotopic (exact) mass is 274 g/mol. The first kappa shape index (κ1) is 13.3. The standard InChI is InChI=1S/C15H22N4O/c1-8(2)14-17-7-11(16)13(19-14)15(20)18-12-6-9-3-4-10(12)5-9/h7-10,12H,3-6,16H2,1-2H3,(H,18,20). The van der Waals surface area contributed by atoms with Gasteiger partial charge in [0.15, 0.2) is 5.69 Å². The highest BCUT2D eigenvalue weighted by Crippen LogP contribution is 2.44. The van der Waals surface area contributed by atoms with Crippen molar-refractivity contribution in [1.82, 2.24) is 15.3 Å². The first-order valence-electron chi connectivity index (χ1n) is 7.48. The number of carbonyl (C=O) groups excluding carboxylic acids is 1. The smallest absolute Gasteiger partial charge is 0.272 e. The quantitative estimate of drug-likeness (QED) is 0.884. The van der Waals surface area contributed by atoms with E-state index in [2.05, 4.69) is 15.3 Å². The lowest BCUT2D eigenvalue weighted by Crippen LogP contribution is -2.39. The number of aromatic nitrogens is 2. The van der Waals surface area contributed by atoms with Crippen LogP contribution in [0.1, 0.15) is 61.8 Å². The van der Waals surface area contributed by atoms with Gasteiger partial charge in [-0.25, -0.2) is 9.97 Å². The van der Waals surface area contributed by atoms with Gasteiger partial charge in [0.05, 0.1) is 11.9 Å². The van der Waals surface area contributed by atoms with Crippen LogP contribution in [0.5, 0.6) is 0 Å². The Morgan fingerprint density at radius 3 is 2.80 bits per heavy atom. The van der Waals surface area contributed by atoms with Crippen LogP contribution in [-0.2, 0) is 0 Å². The van der Waals surface area contributed by atoms with Gasteiger partial charge in [-0.05, 0) is 31.1 Å². The Hall–Kier alpha value is -1.65. The van der Waals surface area contributed by atoms with E-state index in [4.69, 9.17) is 5.73 Å². The Morgan fingerprint density at radius 1 is 1.40 bits per heavy atom. The van der Waals surface area contributed by atoms with E-state index in [9.17, 15) is 4.79 Å². The number of fused-ring (bicyclic) bond motifs is 2. The third-order valence-electron chi connectivity index (χ3n) is 4.62. The van der Waals surface area contributed by atoms with Gasteiger partial charge < -0.3 is 11.1 Å². The van der Waals surface area contributed by atoms with E-state index >= 15 is 0 Å². The molecule has 1 aromatic heterocycles. The lowest BCUT2D eigenvalue weighted by atomic mass is 9.95. The molecule has 20 heavy (non-hydrogen) atoms. The van der Waals surface area contributed by atoms with Crippen molar-refractivity contribution >= 4 is 11.6 Å². The molecule has 0 saturated heterocycles. The van der Waals surface area contributed by atoms with Crippen molar-refractivity contribution in [2.24, 2.45) is 11.8 Å². The van der Waals surface area contributed by atoms with Crippen LogP contribution in [0.25, 0.3) is 0 Å². The second kappa shape index (κ2) is 5.04. The molecule has 5 heteroatoms. The summed E-state index contributed by atoms with van der Waals surface area (Å²) in [5.74, 6) is 2.15. The Morgan fingerprint density at radius 2 is 2.20 bits per heavy atom. The van der Waals surface area contributed by atoms with Gasteiger partial charge in [0.2, 0.25) is 0 Å². The number of nitrogen functional groups attached to an aromatic ring is 1. The summed E-state index contributed by atoms with van der Waals surface area (Å²) in [6.45, 7) is 4.01. The summed E-state index contributed by atoms with van der Waals surface area (Å²) in [5, 5.41) is 3.12. The molecule has 0 aliphatic heterocycles. The van der Waals surface area contributed by atoms with Crippen LogP contribution in [0.15, 0.2) is 6.20 Å². The Labute approximate surface area is 119 Å². The highest BCUT2D eigenvalue weighted by molar-refractivity contribution is 5.97. The largest absolute Gasteiger partial charge is 0.396 e. The topological polar surface area (TPSA) is 80.9 Å². The first-order chi connectivity index (χ1) is 9.54. The van der Waals surface area contributed by atoms with Crippen molar-refractivity contribution in [2.45, 2.75) is 51.5 Å². The van der Waals surface area contributed by atoms with Gasteiger partial charge in [0.1, 0.15) is 5.82 Å². The second-order valence-corrected chi connectivity index (χ2v) is 6.44. The van der Waals surface area contributed by atoms with E-state index in [0.29, 0.717) is 29.2 Å². The lowest BCUT2D eigenvalue weighted by molar-refractivity contribution is 0.0918. The van der Waals surface area contributed by atoms with Gasteiger partial charge in [0.25, 0.3) is 5.91 Å². The lowest BCUT2D eigenvalue weighted by Gasteiger charge is -2.23. The highest BCUT2D eigenvalue weighted by atomic mass is 16.2. The Kier molecular flexibility index (Phi) is 3.36. The normalized spacial score (nSPS) is 28.1. The zero-order valence-electron chi connectivity index (χ0n) is 12.1. The van der Waals surface area contributed by atoms with E-state index in [0.717, 1.165) is 12.3 Å². The van der Waals surface area contributed by atoms with Gasteiger partial charge in [-0.2, -0.15) is 0 Å². The van der Waals surface area contributed by atoms with Crippen LogP contribution in [-0.4, -0.2) is 21.9 Å². The van der Waals surface area contributed by atoms with Crippen molar-refractivity contribution in [3.8, 4) is 0 Å². The van der Waals surface area contributed by atoms with Crippen LogP contribution in [0.2, 0.25) is 0 Å². The number of nitrogens with zero attached hydrogens (tertiary/aromatic N) is 2. The highest BCUT2D eigenvalue weighted by Gasteiger charge is 2.40. The summed E-state index contributed by atoms with van der Waals surface area (Å²) < 4.78 is 0. The van der Waals surface area contributed by atoms with E-state index in [-0.39, 0.29) is 11.8 Å². The molecule has 1 heterocycles. The SMILES string of the molecule is CC(C)c1ncc(N)c(C(=O)NC2CC3CCC2C3)n1. The van der Waals surface area contributed by atoms with Crippen molar-refractivity contribution in [2.75, 3.05) is 5.73 Å². The molecule has 5 nitrogen and oxygen atoms in total. The molecule has 1 amide bonds. The number of nitrogens with two attached hydrogens (primary N) is 1. The zero-order valence-corrected chi connectivity index (χ0v) is 12.1. The molecule has 3 N–H and O–H groups in total. The van der Waals surface area contributed by atoms with Crippen molar-refractivity contribution < 1.29 is 4.79 Å². The second-order valence-electron chi connectivity index (χ2n) is 6.44. The fraction of sp³-hybridized carbons (Fsp3) is 0.667. The molecular weight excluding hydrogens is 252 g/mol. The molecule has 1 aromatic rings. The fourth-order valence-electron chi connectivity index (χ4n) is 3.52. The molecule has 108 valence electrons. The summed E-state index contributed by atoms with van der Waals surface area (Å²) in [5.41, 5.74) is 6.54. The minimum atomic E-state index is -0.149. The summed E-state index contributed by atoms with van der Waals surface area (Å²) in [4.78, 5) is 20.9. The molecule has 2 bridgehead atoms. The maximum atomic E-state index is 12.4. The third-order valence-corrected chi connectivity index (χ3v) is 4.62. The number of carbonyl (C=O) groups is 1. The van der Waals surface area contributed by atoms with Gasteiger partial charge in [-0.1, -0.05) is 20.3 Å². The van der Waals surface area contributed by atoms with Gasteiger partial charge in [-0.3, -0.25) is 4.79 Å². The molecule has 2 aliphatic carbocycles. The zero-order chi connectivity index (χ0) is 14.3. The predicted octanol–water partition coefficient (Wildman–Crippen LogP) is 2.10. The van der Waals surface area contributed by atoms with Crippen molar-refractivity contribution in [3.63, 3.8) is 0 Å². The average Bonchev–Trinajstić information content (AvgIpc) is 3.01. The maximum Gasteiger partial charge on any atom is 0.272 e. The number of amides is 1. The van der Waals surface area contributed by atoms with Crippen LogP contribution in [0.3, 0.4) is 0 Å². The number of anilines is 1. The fourth-order valence-corrected chi connectivity index (χ4v) is 3.52. The van der Waals surface area contributed by atoms with E-state index in [1.807, 2.05) is 13.8 Å². The molecule has 2 saturated carbocycles. The van der Waals surface area contributed by atoms with Crippen LogP contribution >= 0.6 is 0 Å². The van der Waals surface area contributed by atoms with Gasteiger partial charge >= 0.3 is 0 Å². The Bertz CT molecular complexity index is 529. The van der Waals surface area contributed by atoms with E-state index in [1.54, 1.807) is 0 Å². The molecule has 2 fully saturated rings. The molecule has 0 spiro atoms. The maximum absolute atomic E-state index is 12.4. The summed E-state index contributed by atoms with van der Waals surface area (Å²) in [6.07, 6.45) is 6.48. The van der Waals surface area contributed by atoms with Crippen LogP contribution in [0, 0.1) is 11.8 Å². The van der Waals surface area contributed by atoms with Crippen molar-refractivity contribution in [3.05, 3.63) is 17.7 Å². The molecular formula is C15H22N4O. The molecule has 3 unspecified atom stereocenters. The molecule has 3 atom stereocenters. The van der Waals surface area contributed by atoms with Crippen molar-refractivity contribution in [1.29, 1.82) is 0 Å². The first-order valence-corrected chi connectivity index (χ1v) is 7.48. The number of hydrogen-bond donors (Lipinski definition) is 2.